The molecule has 1 amide bonds. The molecule has 28 heavy (non-hydrogen) atoms. The molecule has 2 aromatic carbocycles. The van der Waals surface area contributed by atoms with Crippen LogP contribution in [0.3, 0.4) is 0 Å². The van der Waals surface area contributed by atoms with Gasteiger partial charge in [-0.3, -0.25) is 4.79 Å². The van der Waals surface area contributed by atoms with E-state index in [0.29, 0.717) is 11.3 Å². The summed E-state index contributed by atoms with van der Waals surface area (Å²) in [5.41, 5.74) is 1.79. The van der Waals surface area contributed by atoms with Crippen LogP contribution >= 0.6 is 11.3 Å². The minimum Gasteiger partial charge on any atom is -0.388 e. The van der Waals surface area contributed by atoms with E-state index in [0.717, 1.165) is 35.4 Å². The second-order valence-corrected chi connectivity index (χ2v) is 8.21. The van der Waals surface area contributed by atoms with Crippen LogP contribution in [0.15, 0.2) is 66.7 Å². The number of rotatable bonds is 5. The molecule has 1 fully saturated rings. The van der Waals surface area contributed by atoms with Crippen LogP contribution in [0.25, 0.3) is 10.4 Å². The molecular formula is C23H22FNO2S. The molecule has 0 saturated carbocycles. The second kappa shape index (κ2) is 8.25. The fourth-order valence-corrected chi connectivity index (χ4v) is 4.75. The number of hydrogen-bond donors (Lipinski definition) is 1. The number of amides is 1. The summed E-state index contributed by atoms with van der Waals surface area (Å²) < 4.78 is 13.1. The molecule has 5 heteroatoms. The highest BCUT2D eigenvalue weighted by Gasteiger charge is 2.32. The molecule has 1 aromatic heterocycles. The highest BCUT2D eigenvalue weighted by Crippen LogP contribution is 2.32. The molecule has 0 unspecified atom stereocenters. The summed E-state index contributed by atoms with van der Waals surface area (Å²) in [4.78, 5) is 16.6. The number of thiophene rings is 1. The molecule has 0 bridgehead atoms. The van der Waals surface area contributed by atoms with E-state index in [1.165, 1.54) is 23.5 Å². The zero-order valence-electron chi connectivity index (χ0n) is 15.4. The molecule has 3 aromatic rings. The van der Waals surface area contributed by atoms with Crippen LogP contribution in [0.2, 0.25) is 0 Å². The molecule has 3 nitrogen and oxygen atoms in total. The predicted molar refractivity (Wildman–Crippen MR) is 110 cm³/mol. The van der Waals surface area contributed by atoms with E-state index >= 15 is 0 Å². The third kappa shape index (κ3) is 4.01. The van der Waals surface area contributed by atoms with E-state index in [9.17, 15) is 14.3 Å². The van der Waals surface area contributed by atoms with Crippen molar-refractivity contribution in [3.63, 3.8) is 0 Å². The van der Waals surface area contributed by atoms with Crippen LogP contribution in [0, 0.1) is 5.82 Å². The molecule has 1 saturated heterocycles. The maximum Gasteiger partial charge on any atom is 0.264 e. The molecule has 2 atom stereocenters. The first kappa shape index (κ1) is 18.8. The Labute approximate surface area is 168 Å². The van der Waals surface area contributed by atoms with Crippen molar-refractivity contribution < 1.29 is 14.3 Å². The van der Waals surface area contributed by atoms with Crippen LogP contribution in [0.5, 0.6) is 0 Å². The number of hydrogen-bond acceptors (Lipinski definition) is 3. The number of carbonyl (C=O) groups is 1. The van der Waals surface area contributed by atoms with Crippen LogP contribution in [0.4, 0.5) is 4.39 Å². The zero-order valence-corrected chi connectivity index (χ0v) is 16.2. The van der Waals surface area contributed by atoms with Crippen molar-refractivity contribution >= 4 is 17.2 Å². The maximum absolute atomic E-state index is 13.1. The summed E-state index contributed by atoms with van der Waals surface area (Å²) >= 11 is 1.43. The van der Waals surface area contributed by atoms with Gasteiger partial charge in [0.05, 0.1) is 11.0 Å². The van der Waals surface area contributed by atoms with Gasteiger partial charge in [-0.2, -0.15) is 0 Å². The first-order chi connectivity index (χ1) is 13.6. The lowest BCUT2D eigenvalue weighted by Gasteiger charge is -2.26. The largest absolute Gasteiger partial charge is 0.388 e. The van der Waals surface area contributed by atoms with Crippen molar-refractivity contribution in [1.82, 2.24) is 4.90 Å². The second-order valence-electron chi connectivity index (χ2n) is 7.13. The summed E-state index contributed by atoms with van der Waals surface area (Å²) in [6.45, 7) is 0.717. The van der Waals surface area contributed by atoms with Gasteiger partial charge in [-0.25, -0.2) is 4.39 Å². The van der Waals surface area contributed by atoms with Gasteiger partial charge in [0.15, 0.2) is 0 Å². The van der Waals surface area contributed by atoms with Crippen molar-refractivity contribution in [2.75, 3.05) is 6.54 Å². The molecule has 1 N–H and O–H groups in total. The lowest BCUT2D eigenvalue weighted by molar-refractivity contribution is 0.0671. The van der Waals surface area contributed by atoms with E-state index in [-0.39, 0.29) is 17.8 Å². The molecule has 0 aliphatic carbocycles. The van der Waals surface area contributed by atoms with Crippen molar-refractivity contribution in [2.45, 2.75) is 31.4 Å². The van der Waals surface area contributed by atoms with Crippen LogP contribution < -0.4 is 0 Å². The highest BCUT2D eigenvalue weighted by molar-refractivity contribution is 7.17. The Kier molecular flexibility index (Phi) is 5.55. The smallest absolute Gasteiger partial charge is 0.264 e. The van der Waals surface area contributed by atoms with Gasteiger partial charge in [0.25, 0.3) is 5.91 Å². The Morgan fingerprint density at radius 1 is 1.11 bits per heavy atom. The third-order valence-electron chi connectivity index (χ3n) is 5.26. The minimum atomic E-state index is -0.572. The molecule has 2 heterocycles. The monoisotopic (exact) mass is 395 g/mol. The first-order valence-electron chi connectivity index (χ1n) is 9.51. The average molecular weight is 395 g/mol. The van der Waals surface area contributed by atoms with Gasteiger partial charge < -0.3 is 10.0 Å². The third-order valence-corrected chi connectivity index (χ3v) is 6.39. The summed E-state index contributed by atoms with van der Waals surface area (Å²) in [6, 6.07) is 19.7. The van der Waals surface area contributed by atoms with Gasteiger partial charge >= 0.3 is 0 Å². The standard InChI is InChI=1S/C23H22FNO2S/c24-18-10-8-17(9-11-18)21-12-13-22(28-21)23(27)25-14-4-7-19(25)15-20(26)16-5-2-1-3-6-16/h1-3,5-6,8-13,19-20,26H,4,7,14-15H2/t19-,20-/m1/s1. The van der Waals surface area contributed by atoms with Crippen LogP contribution in [-0.2, 0) is 0 Å². The SMILES string of the molecule is O=C(c1ccc(-c2ccc(F)cc2)s1)N1CCC[C@@H]1C[C@@H](O)c1ccccc1. The fraction of sp³-hybridized carbons (Fsp3) is 0.261. The number of likely N-dealkylation sites (tertiary alicyclic amines) is 1. The molecular weight excluding hydrogens is 373 g/mol. The average Bonchev–Trinajstić information content (AvgIpc) is 3.39. The van der Waals surface area contributed by atoms with Gasteiger partial charge in [0.2, 0.25) is 0 Å². The maximum atomic E-state index is 13.1. The van der Waals surface area contributed by atoms with Gasteiger partial charge in [-0.15, -0.1) is 11.3 Å². The van der Waals surface area contributed by atoms with E-state index in [1.807, 2.05) is 47.4 Å². The summed E-state index contributed by atoms with van der Waals surface area (Å²) in [5, 5.41) is 10.6. The summed E-state index contributed by atoms with van der Waals surface area (Å²) in [5.74, 6) is -0.255. The first-order valence-corrected chi connectivity index (χ1v) is 10.3. The van der Waals surface area contributed by atoms with Gasteiger partial charge in [-0.05, 0) is 54.7 Å². The Balaban J connectivity index is 1.47. The van der Waals surface area contributed by atoms with E-state index < -0.39 is 6.10 Å². The van der Waals surface area contributed by atoms with E-state index in [4.69, 9.17) is 0 Å². The minimum absolute atomic E-state index is 0.0149. The molecule has 4 rings (SSSR count). The molecule has 144 valence electrons. The summed E-state index contributed by atoms with van der Waals surface area (Å²) in [7, 11) is 0. The zero-order chi connectivity index (χ0) is 19.5. The topological polar surface area (TPSA) is 40.5 Å². The number of benzene rings is 2. The van der Waals surface area contributed by atoms with Crippen LogP contribution in [0.1, 0.15) is 40.6 Å². The van der Waals surface area contributed by atoms with Crippen molar-refractivity contribution in [2.24, 2.45) is 0 Å². The van der Waals surface area contributed by atoms with Crippen LogP contribution in [-0.4, -0.2) is 28.5 Å². The normalized spacial score (nSPS) is 17.6. The molecule has 0 radical (unpaired) electrons. The number of halogens is 1. The lowest BCUT2D eigenvalue weighted by Crippen LogP contribution is -2.36. The van der Waals surface area contributed by atoms with Gasteiger partial charge in [0.1, 0.15) is 5.82 Å². The van der Waals surface area contributed by atoms with Crippen molar-refractivity contribution in [3.8, 4) is 10.4 Å². The Morgan fingerprint density at radius 2 is 1.86 bits per heavy atom. The van der Waals surface area contributed by atoms with Gasteiger partial charge in [-0.1, -0.05) is 42.5 Å². The number of aliphatic hydroxyl groups excluding tert-OH is 1. The molecule has 0 spiro atoms. The Hall–Kier alpha value is -2.50. The van der Waals surface area contributed by atoms with E-state index in [1.54, 1.807) is 12.1 Å². The van der Waals surface area contributed by atoms with Gasteiger partial charge in [0, 0.05) is 17.5 Å². The van der Waals surface area contributed by atoms with Crippen molar-refractivity contribution in [1.29, 1.82) is 0 Å². The Morgan fingerprint density at radius 3 is 2.61 bits per heavy atom. The highest BCUT2D eigenvalue weighted by atomic mass is 32.1. The van der Waals surface area contributed by atoms with E-state index in [2.05, 4.69) is 0 Å². The number of carbonyl (C=O) groups excluding carboxylic acids is 1. The Bertz CT molecular complexity index is 939. The number of nitrogens with zero attached hydrogens (tertiary/aromatic N) is 1. The quantitative estimate of drug-likeness (QED) is 0.638. The number of aliphatic hydroxyl groups is 1. The summed E-state index contributed by atoms with van der Waals surface area (Å²) in [6.07, 6.45) is 1.84. The molecule has 1 aliphatic heterocycles. The molecule has 1 aliphatic rings. The predicted octanol–water partition coefficient (Wildman–Crippen LogP) is 5.28. The lowest BCUT2D eigenvalue weighted by atomic mass is 10.0. The fourth-order valence-electron chi connectivity index (χ4n) is 3.78. The van der Waals surface area contributed by atoms with Crippen molar-refractivity contribution in [3.05, 3.63) is 83.0 Å².